The van der Waals surface area contributed by atoms with Gasteiger partial charge in [-0.25, -0.2) is 18.1 Å². The van der Waals surface area contributed by atoms with Gasteiger partial charge < -0.3 is 0 Å². The maximum absolute atomic E-state index is 13.1. The van der Waals surface area contributed by atoms with Gasteiger partial charge in [0, 0.05) is 23.9 Å². The molecule has 2 aromatic carbocycles. The van der Waals surface area contributed by atoms with E-state index in [0.29, 0.717) is 5.69 Å². The van der Waals surface area contributed by atoms with Gasteiger partial charge in [0.1, 0.15) is 5.01 Å². The lowest BCUT2D eigenvalue weighted by Gasteiger charge is -2.13. The van der Waals surface area contributed by atoms with Crippen LogP contribution in [-0.4, -0.2) is 19.9 Å². The van der Waals surface area contributed by atoms with E-state index in [-0.39, 0.29) is 13.0 Å². The van der Waals surface area contributed by atoms with Crippen molar-refractivity contribution in [1.82, 2.24) is 9.71 Å². The lowest BCUT2D eigenvalue weighted by atomic mass is 10.2. The van der Waals surface area contributed by atoms with E-state index in [1.54, 1.807) is 0 Å². The number of benzene rings is 2. The van der Waals surface area contributed by atoms with Gasteiger partial charge in [0.2, 0.25) is 10.0 Å². The first-order valence-corrected chi connectivity index (χ1v) is 10.7. The number of aryl methyl sites for hydroxylation is 1. The molecule has 1 aromatic heterocycles. The van der Waals surface area contributed by atoms with E-state index in [1.165, 1.54) is 17.4 Å². The van der Waals surface area contributed by atoms with Crippen LogP contribution in [0.2, 0.25) is 0 Å². The number of hydrogen-bond donors (Lipinski definition) is 1. The van der Waals surface area contributed by atoms with Gasteiger partial charge in [-0.3, -0.25) is 0 Å². The molecule has 0 saturated carbocycles. The number of nitrogens with one attached hydrogen (secondary N) is 1. The molecule has 1 heterocycles. The standard InChI is InChI=1S/C19H17F3N2O2S2/c1-13-6-8-14(9-7-13)18-24-15(12-27-18)10-11-23-28(25,26)17-5-3-2-4-16(17)19(20,21)22/h2-9,12,23H,10-11H2,1H3. The maximum Gasteiger partial charge on any atom is 0.417 e. The minimum absolute atomic E-state index is 0.0500. The average molecular weight is 426 g/mol. The van der Waals surface area contributed by atoms with Crippen molar-refractivity contribution < 1.29 is 21.6 Å². The molecule has 0 spiro atoms. The molecule has 148 valence electrons. The Labute approximate surface area is 165 Å². The second-order valence-electron chi connectivity index (χ2n) is 6.15. The molecule has 3 rings (SSSR count). The van der Waals surface area contributed by atoms with Crippen LogP contribution in [0.25, 0.3) is 10.6 Å². The number of thiazole rings is 1. The Morgan fingerprint density at radius 2 is 1.75 bits per heavy atom. The van der Waals surface area contributed by atoms with Gasteiger partial charge in [-0.15, -0.1) is 11.3 Å². The third kappa shape index (κ3) is 4.78. The second kappa shape index (κ2) is 8.02. The fraction of sp³-hybridized carbons (Fsp3) is 0.211. The van der Waals surface area contributed by atoms with Gasteiger partial charge in [-0.1, -0.05) is 42.0 Å². The van der Waals surface area contributed by atoms with Crippen LogP contribution in [0.3, 0.4) is 0 Å². The Hall–Kier alpha value is -2.23. The molecular weight excluding hydrogens is 409 g/mol. The monoisotopic (exact) mass is 426 g/mol. The minimum atomic E-state index is -4.75. The molecule has 1 N–H and O–H groups in total. The van der Waals surface area contributed by atoms with Gasteiger partial charge in [0.25, 0.3) is 0 Å². The summed E-state index contributed by atoms with van der Waals surface area (Å²) in [6.45, 7) is 1.94. The van der Waals surface area contributed by atoms with E-state index in [2.05, 4.69) is 9.71 Å². The molecular formula is C19H17F3N2O2S2. The molecule has 28 heavy (non-hydrogen) atoms. The first-order valence-electron chi connectivity index (χ1n) is 8.34. The van der Waals surface area contributed by atoms with Crippen molar-refractivity contribution in [3.63, 3.8) is 0 Å². The summed E-state index contributed by atoms with van der Waals surface area (Å²) in [6.07, 6.45) is -4.47. The summed E-state index contributed by atoms with van der Waals surface area (Å²) >= 11 is 1.43. The topological polar surface area (TPSA) is 59.1 Å². The molecule has 4 nitrogen and oxygen atoms in total. The average Bonchev–Trinajstić information content (AvgIpc) is 3.10. The third-order valence-corrected chi connectivity index (χ3v) is 6.46. The molecule has 0 atom stereocenters. The zero-order valence-electron chi connectivity index (χ0n) is 14.8. The van der Waals surface area contributed by atoms with Crippen molar-refractivity contribution in [2.75, 3.05) is 6.54 Å². The van der Waals surface area contributed by atoms with Crippen molar-refractivity contribution >= 4 is 21.4 Å². The quantitative estimate of drug-likeness (QED) is 0.624. The number of sulfonamides is 1. The molecule has 0 radical (unpaired) electrons. The first-order chi connectivity index (χ1) is 13.2. The number of halogens is 3. The van der Waals surface area contributed by atoms with E-state index in [4.69, 9.17) is 0 Å². The molecule has 0 aliphatic carbocycles. The van der Waals surface area contributed by atoms with E-state index < -0.39 is 26.7 Å². The fourth-order valence-electron chi connectivity index (χ4n) is 2.58. The molecule has 0 fully saturated rings. The Morgan fingerprint density at radius 1 is 1.07 bits per heavy atom. The SMILES string of the molecule is Cc1ccc(-c2nc(CCNS(=O)(=O)c3ccccc3C(F)(F)F)cs2)cc1. The minimum Gasteiger partial charge on any atom is -0.241 e. The summed E-state index contributed by atoms with van der Waals surface area (Å²) in [7, 11) is -4.29. The summed E-state index contributed by atoms with van der Waals surface area (Å²) in [5.74, 6) is 0. The second-order valence-corrected chi connectivity index (χ2v) is 8.75. The van der Waals surface area contributed by atoms with Crippen molar-refractivity contribution in [3.05, 3.63) is 70.7 Å². The van der Waals surface area contributed by atoms with Crippen LogP contribution in [0, 0.1) is 6.92 Å². The molecule has 0 bridgehead atoms. The van der Waals surface area contributed by atoms with E-state index >= 15 is 0 Å². The van der Waals surface area contributed by atoms with E-state index in [9.17, 15) is 21.6 Å². The Balaban J connectivity index is 1.68. The number of aromatic nitrogens is 1. The first kappa shape index (κ1) is 20.5. The Bertz CT molecular complexity index is 1060. The number of hydrogen-bond acceptors (Lipinski definition) is 4. The molecule has 9 heteroatoms. The van der Waals surface area contributed by atoms with Crippen LogP contribution in [0.15, 0.2) is 58.8 Å². The normalized spacial score (nSPS) is 12.3. The van der Waals surface area contributed by atoms with Gasteiger partial charge in [0.05, 0.1) is 16.2 Å². The molecule has 0 saturated heterocycles. The van der Waals surface area contributed by atoms with E-state index in [1.807, 2.05) is 36.6 Å². The highest BCUT2D eigenvalue weighted by atomic mass is 32.2. The third-order valence-electron chi connectivity index (χ3n) is 4.01. The van der Waals surface area contributed by atoms with Gasteiger partial charge >= 0.3 is 6.18 Å². The number of rotatable bonds is 6. The summed E-state index contributed by atoms with van der Waals surface area (Å²) in [4.78, 5) is 3.69. The molecule has 0 amide bonds. The smallest absolute Gasteiger partial charge is 0.241 e. The lowest BCUT2D eigenvalue weighted by molar-refractivity contribution is -0.139. The van der Waals surface area contributed by atoms with Gasteiger partial charge in [0.15, 0.2) is 0 Å². The van der Waals surface area contributed by atoms with Crippen molar-refractivity contribution in [3.8, 4) is 10.6 Å². The molecule has 3 aromatic rings. The van der Waals surface area contributed by atoms with Crippen LogP contribution in [0.1, 0.15) is 16.8 Å². The van der Waals surface area contributed by atoms with Crippen LogP contribution >= 0.6 is 11.3 Å². The van der Waals surface area contributed by atoms with Crippen LogP contribution in [-0.2, 0) is 22.6 Å². The largest absolute Gasteiger partial charge is 0.417 e. The predicted octanol–water partition coefficient (Wildman–Crippen LogP) is 4.66. The summed E-state index contributed by atoms with van der Waals surface area (Å²) in [6, 6.07) is 12.0. The zero-order valence-corrected chi connectivity index (χ0v) is 16.5. The predicted molar refractivity (Wildman–Crippen MR) is 103 cm³/mol. The zero-order chi connectivity index (χ0) is 20.4. The number of nitrogens with zero attached hydrogens (tertiary/aromatic N) is 1. The Morgan fingerprint density at radius 3 is 2.43 bits per heavy atom. The summed E-state index contributed by atoms with van der Waals surface area (Å²) in [5.41, 5.74) is 1.58. The molecule has 0 aliphatic rings. The maximum atomic E-state index is 13.1. The van der Waals surface area contributed by atoms with Gasteiger partial charge in [-0.05, 0) is 19.1 Å². The lowest BCUT2D eigenvalue weighted by Crippen LogP contribution is -2.28. The van der Waals surface area contributed by atoms with Crippen molar-refractivity contribution in [2.45, 2.75) is 24.4 Å². The molecule has 0 aliphatic heterocycles. The van der Waals surface area contributed by atoms with Crippen LogP contribution in [0.4, 0.5) is 13.2 Å². The Kier molecular flexibility index (Phi) is 5.87. The summed E-state index contributed by atoms with van der Waals surface area (Å²) < 4.78 is 66.0. The van der Waals surface area contributed by atoms with Crippen molar-refractivity contribution in [1.29, 1.82) is 0 Å². The highest BCUT2D eigenvalue weighted by Gasteiger charge is 2.36. The highest BCUT2D eigenvalue weighted by molar-refractivity contribution is 7.89. The summed E-state index contributed by atoms with van der Waals surface area (Å²) in [5, 5.41) is 2.62. The van der Waals surface area contributed by atoms with Crippen LogP contribution in [0.5, 0.6) is 0 Å². The molecule has 0 unspecified atom stereocenters. The van der Waals surface area contributed by atoms with Crippen LogP contribution < -0.4 is 4.72 Å². The fourth-order valence-corrected chi connectivity index (χ4v) is 4.69. The number of alkyl halides is 3. The van der Waals surface area contributed by atoms with Crippen molar-refractivity contribution in [2.24, 2.45) is 0 Å². The highest BCUT2D eigenvalue weighted by Crippen LogP contribution is 2.33. The van der Waals surface area contributed by atoms with Gasteiger partial charge in [-0.2, -0.15) is 13.2 Å². The van der Waals surface area contributed by atoms with E-state index in [0.717, 1.165) is 34.3 Å².